The van der Waals surface area contributed by atoms with E-state index in [1.165, 1.54) is 5.56 Å². The van der Waals surface area contributed by atoms with Gasteiger partial charge in [-0.3, -0.25) is 14.6 Å². The van der Waals surface area contributed by atoms with Crippen molar-refractivity contribution in [1.82, 2.24) is 9.55 Å². The van der Waals surface area contributed by atoms with Crippen molar-refractivity contribution in [3.63, 3.8) is 0 Å². The van der Waals surface area contributed by atoms with Crippen LogP contribution in [0.5, 0.6) is 5.75 Å². The van der Waals surface area contributed by atoms with E-state index >= 15 is 0 Å². The molecule has 5 rings (SSSR count). The number of carbonyl (C=O) groups excluding carboxylic acids is 1. The second kappa shape index (κ2) is 12.8. The smallest absolute Gasteiger partial charge is 0.303 e. The third-order valence-corrected chi connectivity index (χ3v) is 6.85. The van der Waals surface area contributed by atoms with Gasteiger partial charge < -0.3 is 19.7 Å². The lowest BCUT2D eigenvalue weighted by atomic mass is 9.99. The maximum absolute atomic E-state index is 12.9. The number of anilines is 1. The minimum atomic E-state index is -0.866. The van der Waals surface area contributed by atoms with Crippen LogP contribution in [0.3, 0.4) is 0 Å². The number of pyridine rings is 1. The highest BCUT2D eigenvalue weighted by Crippen LogP contribution is 2.32. The first kappa shape index (κ1) is 27.4. The van der Waals surface area contributed by atoms with E-state index in [1.807, 2.05) is 49.5 Å². The molecule has 2 heterocycles. The van der Waals surface area contributed by atoms with Gasteiger partial charge in [0.2, 0.25) is 5.91 Å². The number of carbonyl (C=O) groups is 2. The SMILES string of the molecule is CC(=CC(=O)Nc1ccccc1OCCCC(=O)O)c1ccc2c(ccn2C(c2ccccc2)c2cccnc2)c1. The number of hydrogen-bond donors (Lipinski definition) is 2. The predicted octanol–water partition coefficient (Wildman–Crippen LogP) is 6.96. The molecule has 0 fully saturated rings. The average Bonchev–Trinajstić information content (AvgIpc) is 3.40. The maximum atomic E-state index is 12.9. The predicted molar refractivity (Wildman–Crippen MR) is 161 cm³/mol. The average molecular weight is 546 g/mol. The number of para-hydroxylation sites is 2. The lowest BCUT2D eigenvalue weighted by Gasteiger charge is -2.21. The number of rotatable bonds is 11. The molecule has 7 heteroatoms. The molecule has 2 N–H and O–H groups in total. The summed E-state index contributed by atoms with van der Waals surface area (Å²) in [6, 6.07) is 29.8. The monoisotopic (exact) mass is 545 g/mol. The molecule has 41 heavy (non-hydrogen) atoms. The largest absolute Gasteiger partial charge is 0.491 e. The van der Waals surface area contributed by atoms with Gasteiger partial charge in [0, 0.05) is 42.0 Å². The number of ether oxygens (including phenoxy) is 1. The van der Waals surface area contributed by atoms with Gasteiger partial charge in [0.25, 0.3) is 0 Å². The van der Waals surface area contributed by atoms with Gasteiger partial charge >= 0.3 is 5.97 Å². The molecule has 0 saturated carbocycles. The van der Waals surface area contributed by atoms with Crippen molar-refractivity contribution in [2.24, 2.45) is 0 Å². The first-order chi connectivity index (χ1) is 20.0. The highest BCUT2D eigenvalue weighted by molar-refractivity contribution is 6.05. The van der Waals surface area contributed by atoms with Gasteiger partial charge in [0.15, 0.2) is 0 Å². The maximum Gasteiger partial charge on any atom is 0.303 e. The summed E-state index contributed by atoms with van der Waals surface area (Å²) < 4.78 is 7.96. The Bertz CT molecular complexity index is 1640. The number of allylic oxidation sites excluding steroid dienone is 1. The van der Waals surface area contributed by atoms with Crippen LogP contribution in [-0.4, -0.2) is 33.1 Å². The van der Waals surface area contributed by atoms with Crippen LogP contribution in [0.2, 0.25) is 0 Å². The number of nitrogens with zero attached hydrogens (tertiary/aromatic N) is 2. The summed E-state index contributed by atoms with van der Waals surface area (Å²) in [5, 5.41) is 12.8. The number of nitrogens with one attached hydrogen (secondary N) is 1. The molecular weight excluding hydrogens is 514 g/mol. The van der Waals surface area contributed by atoms with Gasteiger partial charge in [-0.1, -0.05) is 54.6 Å². The van der Waals surface area contributed by atoms with Gasteiger partial charge in [0.05, 0.1) is 18.3 Å². The molecule has 0 saturated heterocycles. The Morgan fingerprint density at radius 3 is 2.54 bits per heavy atom. The Morgan fingerprint density at radius 1 is 0.976 bits per heavy atom. The van der Waals surface area contributed by atoms with Gasteiger partial charge in [0.1, 0.15) is 5.75 Å². The third kappa shape index (κ3) is 6.70. The Balaban J connectivity index is 1.35. The summed E-state index contributed by atoms with van der Waals surface area (Å²) in [5.74, 6) is -0.640. The van der Waals surface area contributed by atoms with Gasteiger partial charge in [-0.2, -0.15) is 0 Å². The molecule has 0 spiro atoms. The molecule has 0 aliphatic carbocycles. The van der Waals surface area contributed by atoms with Crippen molar-refractivity contribution in [3.05, 3.63) is 132 Å². The van der Waals surface area contributed by atoms with E-state index in [9.17, 15) is 9.59 Å². The van der Waals surface area contributed by atoms with E-state index in [2.05, 4.69) is 57.5 Å². The van der Waals surface area contributed by atoms with Crippen LogP contribution in [0, 0.1) is 0 Å². The molecule has 1 unspecified atom stereocenters. The number of aliphatic carboxylic acids is 1. The van der Waals surface area contributed by atoms with E-state index in [0.717, 1.165) is 27.6 Å². The number of aromatic nitrogens is 2. The number of amides is 1. The standard InChI is InChI=1S/C34H31N3O4/c1-24(21-32(38)36-29-12-5-6-13-31(29)41-20-8-14-33(39)40)26-15-16-30-27(22-26)17-19-37(30)34(25-9-3-2-4-10-25)28-11-7-18-35-23-28/h2-7,9-13,15-19,21-23,34H,8,14,20H2,1H3,(H,36,38)(H,39,40). The summed E-state index contributed by atoms with van der Waals surface area (Å²) in [6.07, 6.45) is 7.77. The zero-order valence-electron chi connectivity index (χ0n) is 22.7. The molecule has 2 aromatic heterocycles. The van der Waals surface area contributed by atoms with Crippen molar-refractivity contribution in [2.75, 3.05) is 11.9 Å². The van der Waals surface area contributed by atoms with E-state index < -0.39 is 5.97 Å². The molecule has 0 aliphatic rings. The molecule has 7 nitrogen and oxygen atoms in total. The Labute approximate surface area is 238 Å². The van der Waals surface area contributed by atoms with Crippen molar-refractivity contribution in [2.45, 2.75) is 25.8 Å². The molecule has 0 bridgehead atoms. The summed E-state index contributed by atoms with van der Waals surface area (Å²) in [7, 11) is 0. The van der Waals surface area contributed by atoms with Crippen LogP contribution in [0.15, 0.2) is 116 Å². The van der Waals surface area contributed by atoms with Crippen molar-refractivity contribution >= 4 is 34.0 Å². The quantitative estimate of drug-likeness (QED) is 0.138. The molecule has 1 amide bonds. The summed E-state index contributed by atoms with van der Waals surface area (Å²) in [6.45, 7) is 2.16. The molecule has 0 radical (unpaired) electrons. The first-order valence-electron chi connectivity index (χ1n) is 13.5. The van der Waals surface area contributed by atoms with E-state index in [4.69, 9.17) is 9.84 Å². The minimum absolute atomic E-state index is 0.0259. The molecular formula is C34H31N3O4. The number of carboxylic acid groups (broad SMARTS) is 1. The van der Waals surface area contributed by atoms with Gasteiger partial charge in [-0.05, 0) is 72.0 Å². The zero-order chi connectivity index (χ0) is 28.6. The second-order valence-electron chi connectivity index (χ2n) is 9.75. The minimum Gasteiger partial charge on any atom is -0.491 e. The summed E-state index contributed by atoms with van der Waals surface area (Å²) >= 11 is 0. The van der Waals surface area contributed by atoms with E-state index in [0.29, 0.717) is 17.9 Å². The number of fused-ring (bicyclic) bond motifs is 1. The van der Waals surface area contributed by atoms with Crippen LogP contribution in [0.1, 0.15) is 42.5 Å². The summed E-state index contributed by atoms with van der Waals surface area (Å²) in [4.78, 5) is 28.0. The van der Waals surface area contributed by atoms with Crippen LogP contribution in [0.25, 0.3) is 16.5 Å². The number of carboxylic acids is 1. The Kier molecular flexibility index (Phi) is 8.55. The van der Waals surface area contributed by atoms with Crippen LogP contribution >= 0.6 is 0 Å². The molecule has 3 aromatic carbocycles. The fourth-order valence-corrected chi connectivity index (χ4v) is 4.87. The number of benzene rings is 3. The highest BCUT2D eigenvalue weighted by atomic mass is 16.5. The third-order valence-electron chi connectivity index (χ3n) is 6.85. The van der Waals surface area contributed by atoms with E-state index in [-0.39, 0.29) is 25.0 Å². The molecule has 206 valence electrons. The molecule has 5 aromatic rings. The normalized spacial score (nSPS) is 12.2. The van der Waals surface area contributed by atoms with Crippen molar-refractivity contribution in [1.29, 1.82) is 0 Å². The Morgan fingerprint density at radius 2 is 1.76 bits per heavy atom. The lowest BCUT2D eigenvalue weighted by Crippen LogP contribution is -2.11. The molecule has 1 atom stereocenters. The van der Waals surface area contributed by atoms with E-state index in [1.54, 1.807) is 30.5 Å². The first-order valence-corrected chi connectivity index (χ1v) is 13.5. The number of hydrogen-bond acceptors (Lipinski definition) is 4. The second-order valence-corrected chi connectivity index (χ2v) is 9.75. The topological polar surface area (TPSA) is 93.5 Å². The fourth-order valence-electron chi connectivity index (χ4n) is 4.87. The van der Waals surface area contributed by atoms with Gasteiger partial charge in [-0.25, -0.2) is 0 Å². The van der Waals surface area contributed by atoms with Crippen LogP contribution in [-0.2, 0) is 9.59 Å². The lowest BCUT2D eigenvalue weighted by molar-refractivity contribution is -0.137. The van der Waals surface area contributed by atoms with Crippen LogP contribution in [0.4, 0.5) is 5.69 Å². The van der Waals surface area contributed by atoms with Crippen molar-refractivity contribution < 1.29 is 19.4 Å². The zero-order valence-corrected chi connectivity index (χ0v) is 22.7. The van der Waals surface area contributed by atoms with Crippen molar-refractivity contribution in [3.8, 4) is 5.75 Å². The van der Waals surface area contributed by atoms with Crippen LogP contribution < -0.4 is 10.1 Å². The molecule has 0 aliphatic heterocycles. The summed E-state index contributed by atoms with van der Waals surface area (Å²) in [5.41, 5.74) is 5.65. The highest BCUT2D eigenvalue weighted by Gasteiger charge is 2.18. The fraction of sp³-hybridized carbons (Fsp3) is 0.147. The Hall–Kier alpha value is -5.17. The van der Waals surface area contributed by atoms with Gasteiger partial charge in [-0.15, -0.1) is 0 Å².